The molecule has 0 aliphatic rings. The van der Waals surface area contributed by atoms with Crippen LogP contribution in [0.15, 0.2) is 36.4 Å². The highest BCUT2D eigenvalue weighted by Crippen LogP contribution is 2.32. The van der Waals surface area contributed by atoms with Gasteiger partial charge >= 0.3 is 0 Å². The molecular weight excluding hydrogens is 550 g/mol. The second-order valence-electron chi connectivity index (χ2n) is 6.93. The number of hydrogen-bond donors (Lipinski definition) is 0. The Morgan fingerprint density at radius 3 is 1.53 bits per heavy atom. The summed E-state index contributed by atoms with van der Waals surface area (Å²) in [5.41, 5.74) is 1.50. The number of alkyl halides is 2. The van der Waals surface area contributed by atoms with Crippen LogP contribution in [0.1, 0.15) is 27.3 Å². The number of ether oxygens (including phenoxy) is 2. The van der Waals surface area contributed by atoms with Crippen LogP contribution in [0.5, 0.6) is 11.5 Å². The van der Waals surface area contributed by atoms with Gasteiger partial charge in [0, 0.05) is 44.7 Å². The summed E-state index contributed by atoms with van der Waals surface area (Å²) in [5, 5.41) is 1.23. The van der Waals surface area contributed by atoms with Crippen molar-refractivity contribution in [2.24, 2.45) is 0 Å². The monoisotopic (exact) mass is 564 g/mol. The highest BCUT2D eigenvalue weighted by atomic mass is 79.9. The Kier molecular flexibility index (Phi) is 6.39. The van der Waals surface area contributed by atoms with Gasteiger partial charge in [0.05, 0.1) is 25.6 Å². The zero-order chi connectivity index (χ0) is 23.0. The summed E-state index contributed by atoms with van der Waals surface area (Å²) in [6.45, 7) is 0. The normalized spacial score (nSPS) is 11.2. The molecule has 2 aromatic heterocycles. The summed E-state index contributed by atoms with van der Waals surface area (Å²) >= 11 is 6.65. The molecule has 5 nitrogen and oxygen atoms in total. The predicted molar refractivity (Wildman–Crippen MR) is 125 cm³/mol. The van der Waals surface area contributed by atoms with Crippen LogP contribution < -0.4 is 9.47 Å². The number of aromatic nitrogens is 2. The summed E-state index contributed by atoms with van der Waals surface area (Å²) < 4.78 is 39.9. The minimum atomic E-state index is -0.607. The van der Waals surface area contributed by atoms with Crippen LogP contribution in [0.4, 0.5) is 8.78 Å². The topological polar surface area (TPSA) is 61.3 Å². The highest BCUT2D eigenvalue weighted by molar-refractivity contribution is 9.08. The first-order valence-corrected chi connectivity index (χ1v) is 11.6. The van der Waals surface area contributed by atoms with E-state index in [2.05, 4.69) is 41.8 Å². The molecule has 2 aromatic carbocycles. The minimum absolute atomic E-state index is 0.0499. The zero-order valence-corrected chi connectivity index (χ0v) is 20.2. The lowest BCUT2D eigenvalue weighted by Crippen LogP contribution is -2.08. The average molecular weight is 566 g/mol. The van der Waals surface area contributed by atoms with E-state index in [4.69, 9.17) is 9.47 Å². The van der Waals surface area contributed by atoms with E-state index in [0.717, 1.165) is 0 Å². The van der Waals surface area contributed by atoms with Crippen molar-refractivity contribution in [3.05, 3.63) is 70.5 Å². The van der Waals surface area contributed by atoms with Gasteiger partial charge in [0.1, 0.15) is 22.5 Å². The molecule has 0 unspecified atom stereocenters. The minimum Gasteiger partial charge on any atom is -0.497 e. The van der Waals surface area contributed by atoms with E-state index in [0.29, 0.717) is 32.8 Å². The van der Waals surface area contributed by atoms with Crippen LogP contribution in [-0.2, 0) is 10.7 Å². The number of rotatable bonds is 6. The number of carbonyl (C=O) groups excluding carboxylic acids is 1. The van der Waals surface area contributed by atoms with Gasteiger partial charge in [-0.15, -0.1) is 0 Å². The predicted octanol–water partition coefficient (Wildman–Crippen LogP) is 6.10. The van der Waals surface area contributed by atoms with E-state index in [9.17, 15) is 13.6 Å². The van der Waals surface area contributed by atoms with Gasteiger partial charge in [-0.1, -0.05) is 31.9 Å². The van der Waals surface area contributed by atoms with E-state index >= 15 is 0 Å². The molecule has 0 saturated carbocycles. The Balaban J connectivity index is 2.06. The van der Waals surface area contributed by atoms with E-state index in [-0.39, 0.29) is 33.7 Å². The first-order valence-electron chi connectivity index (χ1n) is 9.41. The molecule has 4 aromatic rings. The third-order valence-electron chi connectivity index (χ3n) is 5.02. The van der Waals surface area contributed by atoms with Gasteiger partial charge in [-0.2, -0.15) is 0 Å². The standard InChI is InChI=1S/C23H16Br2F2N2O3/c1-31-13-5-15-17(3-11(9-24)28-21(15)19(26)7-13)23(30)18-4-12(10-25)29-22-16(18)6-14(32-2)8-20(22)27/h3-8H,9-10H2,1-2H3. The highest BCUT2D eigenvalue weighted by Gasteiger charge is 2.22. The molecule has 9 heteroatoms. The molecular formula is C23H16Br2F2N2O3. The van der Waals surface area contributed by atoms with Gasteiger partial charge in [0.2, 0.25) is 0 Å². The fourth-order valence-corrected chi connectivity index (χ4v) is 4.09. The molecule has 0 amide bonds. The number of nitrogens with zero attached hydrogens (tertiary/aromatic N) is 2. The zero-order valence-electron chi connectivity index (χ0n) is 17.0. The van der Waals surface area contributed by atoms with E-state index < -0.39 is 17.4 Å². The van der Waals surface area contributed by atoms with Gasteiger partial charge in [-0.25, -0.2) is 18.7 Å². The fraction of sp³-hybridized carbons (Fsp3) is 0.174. The third kappa shape index (κ3) is 3.95. The van der Waals surface area contributed by atoms with Crippen molar-refractivity contribution >= 4 is 59.4 Å². The summed E-state index contributed by atoms with van der Waals surface area (Å²) in [7, 11) is 2.83. The fourth-order valence-electron chi connectivity index (χ4n) is 3.52. The van der Waals surface area contributed by atoms with Crippen molar-refractivity contribution in [2.45, 2.75) is 10.7 Å². The molecule has 0 aliphatic carbocycles. The molecule has 0 atom stereocenters. The largest absolute Gasteiger partial charge is 0.497 e. The van der Waals surface area contributed by atoms with Gasteiger partial charge in [0.25, 0.3) is 0 Å². The number of hydrogen-bond acceptors (Lipinski definition) is 5. The molecule has 2 heterocycles. The average Bonchev–Trinajstić information content (AvgIpc) is 2.82. The number of ketones is 1. The van der Waals surface area contributed by atoms with Crippen LogP contribution in [0.2, 0.25) is 0 Å². The second-order valence-corrected chi connectivity index (χ2v) is 8.05. The molecule has 4 rings (SSSR count). The Morgan fingerprint density at radius 2 is 1.19 bits per heavy atom. The van der Waals surface area contributed by atoms with Gasteiger partial charge in [-0.05, 0) is 24.3 Å². The van der Waals surface area contributed by atoms with Crippen LogP contribution >= 0.6 is 31.9 Å². The van der Waals surface area contributed by atoms with Crippen LogP contribution in [0.3, 0.4) is 0 Å². The molecule has 0 radical (unpaired) electrons. The molecule has 0 fully saturated rings. The Hall–Kier alpha value is -2.65. The Bertz CT molecular complexity index is 1280. The number of benzene rings is 2. The SMILES string of the molecule is COc1cc(F)c2nc(CBr)cc(C(=O)c3cc(CBr)nc4c(F)cc(OC)cc34)c2c1. The smallest absolute Gasteiger partial charge is 0.194 e. The number of fused-ring (bicyclic) bond motifs is 2. The van der Waals surface area contributed by atoms with Crippen LogP contribution in [0, 0.1) is 11.6 Å². The van der Waals surface area contributed by atoms with Crippen LogP contribution in [-0.4, -0.2) is 30.0 Å². The van der Waals surface area contributed by atoms with Crippen LogP contribution in [0.25, 0.3) is 21.8 Å². The van der Waals surface area contributed by atoms with Crippen molar-refractivity contribution in [2.75, 3.05) is 14.2 Å². The maximum atomic E-state index is 14.8. The maximum absolute atomic E-state index is 14.8. The molecule has 0 aliphatic heterocycles. The van der Waals surface area contributed by atoms with Crippen molar-refractivity contribution in [3.8, 4) is 11.5 Å². The van der Waals surface area contributed by atoms with Crippen molar-refractivity contribution < 1.29 is 23.0 Å². The van der Waals surface area contributed by atoms with Crippen molar-refractivity contribution in [1.82, 2.24) is 9.97 Å². The quantitative estimate of drug-likeness (QED) is 0.209. The lowest BCUT2D eigenvalue weighted by molar-refractivity contribution is 0.104. The molecule has 0 N–H and O–H groups in total. The molecule has 0 spiro atoms. The summed E-state index contributed by atoms with van der Waals surface area (Å²) in [6, 6.07) is 8.74. The molecule has 0 bridgehead atoms. The summed E-state index contributed by atoms with van der Waals surface area (Å²) in [6.07, 6.45) is 0. The van der Waals surface area contributed by atoms with Gasteiger partial charge < -0.3 is 9.47 Å². The maximum Gasteiger partial charge on any atom is 0.194 e. The van der Waals surface area contributed by atoms with E-state index in [1.54, 1.807) is 24.3 Å². The molecule has 0 saturated heterocycles. The second kappa shape index (κ2) is 9.07. The first-order chi connectivity index (χ1) is 15.4. The van der Waals surface area contributed by atoms with E-state index in [1.165, 1.54) is 26.4 Å². The summed E-state index contributed by atoms with van der Waals surface area (Å²) in [4.78, 5) is 22.4. The van der Waals surface area contributed by atoms with Crippen molar-refractivity contribution in [1.29, 1.82) is 0 Å². The van der Waals surface area contributed by atoms with Gasteiger partial charge in [0.15, 0.2) is 17.4 Å². The molecule has 164 valence electrons. The lowest BCUT2D eigenvalue weighted by Gasteiger charge is -2.13. The van der Waals surface area contributed by atoms with Gasteiger partial charge in [-0.3, -0.25) is 4.79 Å². The third-order valence-corrected chi connectivity index (χ3v) is 6.17. The lowest BCUT2D eigenvalue weighted by atomic mass is 9.95. The Labute approximate surface area is 199 Å². The van der Waals surface area contributed by atoms with E-state index in [1.807, 2.05) is 0 Å². The first kappa shape index (κ1) is 22.5. The Morgan fingerprint density at radius 1 is 0.781 bits per heavy atom. The van der Waals surface area contributed by atoms with Crippen molar-refractivity contribution in [3.63, 3.8) is 0 Å². The number of halogens is 4. The number of pyridine rings is 2. The number of methoxy groups -OCH3 is 2. The number of carbonyl (C=O) groups is 1. The molecule has 32 heavy (non-hydrogen) atoms. The summed E-state index contributed by atoms with van der Waals surface area (Å²) in [5.74, 6) is -1.12.